The van der Waals surface area contributed by atoms with Gasteiger partial charge < -0.3 is 5.11 Å². The summed E-state index contributed by atoms with van der Waals surface area (Å²) in [5.41, 5.74) is 2.89. The standard InChI is InChI=1S/C16H23NO/c1-11-8-9-13(3)16(18)14(11)10-17-15-7-5-4-6-12(15)2/h8-10,12,15,18H,4-7H2,1-3H3. The quantitative estimate of drug-likeness (QED) is 0.785. The van der Waals surface area contributed by atoms with Gasteiger partial charge >= 0.3 is 0 Å². The Balaban J connectivity index is 2.20. The highest BCUT2D eigenvalue weighted by molar-refractivity contribution is 5.86. The summed E-state index contributed by atoms with van der Waals surface area (Å²) in [6, 6.07) is 4.42. The molecule has 0 spiro atoms. The fourth-order valence-corrected chi connectivity index (χ4v) is 2.67. The molecule has 1 aliphatic carbocycles. The summed E-state index contributed by atoms with van der Waals surface area (Å²) in [5, 5.41) is 10.1. The highest BCUT2D eigenvalue weighted by Gasteiger charge is 2.19. The average molecular weight is 245 g/mol. The zero-order valence-corrected chi connectivity index (χ0v) is 11.6. The minimum atomic E-state index is 0.377. The van der Waals surface area contributed by atoms with Gasteiger partial charge in [0, 0.05) is 11.8 Å². The van der Waals surface area contributed by atoms with Gasteiger partial charge in [-0.3, -0.25) is 4.99 Å². The van der Waals surface area contributed by atoms with Gasteiger partial charge in [0.25, 0.3) is 0 Å². The molecule has 98 valence electrons. The van der Waals surface area contributed by atoms with E-state index in [1.165, 1.54) is 25.7 Å². The van der Waals surface area contributed by atoms with Crippen molar-refractivity contribution in [2.75, 3.05) is 0 Å². The van der Waals surface area contributed by atoms with Crippen LogP contribution in [-0.2, 0) is 0 Å². The van der Waals surface area contributed by atoms with E-state index in [0.717, 1.165) is 16.7 Å². The molecule has 0 aromatic heterocycles. The molecule has 1 aromatic rings. The van der Waals surface area contributed by atoms with E-state index in [0.29, 0.717) is 17.7 Å². The lowest BCUT2D eigenvalue weighted by Gasteiger charge is -2.25. The van der Waals surface area contributed by atoms with Gasteiger partial charge in [-0.05, 0) is 43.7 Å². The van der Waals surface area contributed by atoms with Crippen LogP contribution >= 0.6 is 0 Å². The van der Waals surface area contributed by atoms with Crippen molar-refractivity contribution in [3.63, 3.8) is 0 Å². The van der Waals surface area contributed by atoms with Gasteiger partial charge in [0.15, 0.2) is 0 Å². The first-order valence-corrected chi connectivity index (χ1v) is 6.92. The smallest absolute Gasteiger partial charge is 0.127 e. The van der Waals surface area contributed by atoms with Crippen molar-refractivity contribution in [2.24, 2.45) is 10.9 Å². The maximum Gasteiger partial charge on any atom is 0.127 e. The highest BCUT2D eigenvalue weighted by atomic mass is 16.3. The Morgan fingerprint density at radius 1 is 1.17 bits per heavy atom. The SMILES string of the molecule is Cc1ccc(C)c(C=NC2CCCCC2C)c1O. The van der Waals surface area contributed by atoms with Crippen LogP contribution < -0.4 is 0 Å². The third kappa shape index (κ3) is 2.74. The molecular formula is C16H23NO. The number of aryl methyl sites for hydroxylation is 2. The molecule has 0 heterocycles. The van der Waals surface area contributed by atoms with Crippen LogP contribution in [0.4, 0.5) is 0 Å². The molecule has 0 bridgehead atoms. The van der Waals surface area contributed by atoms with E-state index in [-0.39, 0.29) is 0 Å². The lowest BCUT2D eigenvalue weighted by atomic mass is 9.86. The molecule has 2 rings (SSSR count). The first-order valence-electron chi connectivity index (χ1n) is 6.92. The number of aromatic hydroxyl groups is 1. The van der Waals surface area contributed by atoms with Crippen LogP contribution in [0.25, 0.3) is 0 Å². The molecule has 1 fully saturated rings. The topological polar surface area (TPSA) is 32.6 Å². The lowest BCUT2D eigenvalue weighted by Crippen LogP contribution is -2.20. The second kappa shape index (κ2) is 5.55. The van der Waals surface area contributed by atoms with E-state index >= 15 is 0 Å². The van der Waals surface area contributed by atoms with Crippen LogP contribution in [0, 0.1) is 19.8 Å². The number of nitrogens with zero attached hydrogens (tertiary/aromatic N) is 1. The van der Waals surface area contributed by atoms with E-state index in [9.17, 15) is 5.11 Å². The molecule has 2 atom stereocenters. The molecule has 0 amide bonds. The summed E-state index contributed by atoms with van der Waals surface area (Å²) in [6.07, 6.45) is 6.96. The molecule has 2 unspecified atom stereocenters. The zero-order chi connectivity index (χ0) is 13.1. The van der Waals surface area contributed by atoms with Crippen LogP contribution in [0.3, 0.4) is 0 Å². The van der Waals surface area contributed by atoms with Crippen LogP contribution in [0.1, 0.15) is 49.3 Å². The number of phenolic OH excluding ortho intramolecular Hbond substituents is 1. The van der Waals surface area contributed by atoms with Crippen molar-refractivity contribution in [1.82, 2.24) is 0 Å². The van der Waals surface area contributed by atoms with Gasteiger partial charge in [0.1, 0.15) is 5.75 Å². The largest absolute Gasteiger partial charge is 0.507 e. The van der Waals surface area contributed by atoms with Crippen molar-refractivity contribution in [2.45, 2.75) is 52.5 Å². The van der Waals surface area contributed by atoms with Crippen molar-refractivity contribution < 1.29 is 5.11 Å². The third-order valence-electron chi connectivity index (χ3n) is 4.10. The summed E-state index contributed by atoms with van der Waals surface area (Å²) >= 11 is 0. The van der Waals surface area contributed by atoms with Gasteiger partial charge in [0.05, 0.1) is 6.04 Å². The minimum absolute atomic E-state index is 0.377. The fourth-order valence-electron chi connectivity index (χ4n) is 2.67. The molecule has 0 radical (unpaired) electrons. The Bertz CT molecular complexity index is 451. The average Bonchev–Trinajstić information content (AvgIpc) is 2.36. The predicted molar refractivity (Wildman–Crippen MR) is 76.6 cm³/mol. The summed E-state index contributed by atoms with van der Waals surface area (Å²) < 4.78 is 0. The van der Waals surface area contributed by atoms with Gasteiger partial charge in [-0.25, -0.2) is 0 Å². The van der Waals surface area contributed by atoms with Crippen LogP contribution in [0.2, 0.25) is 0 Å². The zero-order valence-electron chi connectivity index (χ0n) is 11.6. The van der Waals surface area contributed by atoms with Gasteiger partial charge in [-0.1, -0.05) is 31.9 Å². The van der Waals surface area contributed by atoms with E-state index in [1.807, 2.05) is 32.2 Å². The lowest BCUT2D eigenvalue weighted by molar-refractivity contribution is 0.333. The number of rotatable bonds is 2. The molecule has 0 aliphatic heterocycles. The first-order chi connectivity index (χ1) is 8.59. The molecule has 1 aromatic carbocycles. The van der Waals surface area contributed by atoms with E-state index in [1.54, 1.807) is 0 Å². The predicted octanol–water partition coefficient (Wildman–Crippen LogP) is 4.01. The Morgan fingerprint density at radius 3 is 2.56 bits per heavy atom. The van der Waals surface area contributed by atoms with E-state index in [4.69, 9.17) is 4.99 Å². The molecule has 1 saturated carbocycles. The van der Waals surface area contributed by atoms with Gasteiger partial charge in [-0.15, -0.1) is 0 Å². The second-order valence-electron chi connectivity index (χ2n) is 5.57. The minimum Gasteiger partial charge on any atom is -0.507 e. The molecule has 1 aliphatic rings. The summed E-state index contributed by atoms with van der Waals surface area (Å²) in [7, 11) is 0. The molecule has 0 saturated heterocycles. The molecule has 2 nitrogen and oxygen atoms in total. The second-order valence-corrected chi connectivity index (χ2v) is 5.57. The van der Waals surface area contributed by atoms with Crippen molar-refractivity contribution in [3.8, 4) is 5.75 Å². The normalized spacial score (nSPS) is 24.6. The Labute approximate surface area is 110 Å². The first kappa shape index (κ1) is 13.1. The maximum absolute atomic E-state index is 10.1. The summed E-state index contributed by atoms with van der Waals surface area (Å²) in [4.78, 5) is 4.71. The van der Waals surface area contributed by atoms with Gasteiger partial charge in [0.2, 0.25) is 0 Å². The number of benzene rings is 1. The maximum atomic E-state index is 10.1. The van der Waals surface area contributed by atoms with E-state index < -0.39 is 0 Å². The third-order valence-corrected chi connectivity index (χ3v) is 4.10. The summed E-state index contributed by atoms with van der Waals surface area (Å²) in [6.45, 7) is 6.23. The van der Waals surface area contributed by atoms with Gasteiger partial charge in [-0.2, -0.15) is 0 Å². The monoisotopic (exact) mass is 245 g/mol. The highest BCUT2D eigenvalue weighted by Crippen LogP contribution is 2.28. The molecule has 18 heavy (non-hydrogen) atoms. The molecular weight excluding hydrogens is 222 g/mol. The van der Waals surface area contributed by atoms with Crippen LogP contribution in [0.15, 0.2) is 17.1 Å². The Morgan fingerprint density at radius 2 is 1.83 bits per heavy atom. The number of phenols is 1. The number of hydrogen-bond acceptors (Lipinski definition) is 2. The molecule has 2 heteroatoms. The fraction of sp³-hybridized carbons (Fsp3) is 0.562. The summed E-state index contributed by atoms with van der Waals surface area (Å²) in [5.74, 6) is 1.05. The molecule has 1 N–H and O–H groups in total. The van der Waals surface area contributed by atoms with Crippen molar-refractivity contribution in [3.05, 3.63) is 28.8 Å². The van der Waals surface area contributed by atoms with Crippen LogP contribution in [0.5, 0.6) is 5.75 Å². The van der Waals surface area contributed by atoms with Crippen molar-refractivity contribution in [1.29, 1.82) is 0 Å². The Kier molecular flexibility index (Phi) is 4.05. The van der Waals surface area contributed by atoms with Crippen LogP contribution in [-0.4, -0.2) is 17.4 Å². The van der Waals surface area contributed by atoms with Crippen molar-refractivity contribution >= 4 is 6.21 Å². The Hall–Kier alpha value is -1.31. The number of hydrogen-bond donors (Lipinski definition) is 1. The van der Waals surface area contributed by atoms with E-state index in [2.05, 4.69) is 6.92 Å². The number of aliphatic imine (C=N–C) groups is 1.